The maximum atomic E-state index is 11.9. The lowest BCUT2D eigenvalue weighted by molar-refractivity contribution is -0.152. The maximum absolute atomic E-state index is 11.9. The van der Waals surface area contributed by atoms with E-state index < -0.39 is 0 Å². The van der Waals surface area contributed by atoms with Crippen molar-refractivity contribution >= 4 is 5.97 Å². The van der Waals surface area contributed by atoms with E-state index in [1.165, 1.54) is 0 Å². The second kappa shape index (κ2) is 9.13. The lowest BCUT2D eigenvalue weighted by Crippen LogP contribution is -2.46. The Hall–Kier alpha value is -1.83. The first-order chi connectivity index (χ1) is 9.77. The number of benzene rings is 1. The summed E-state index contributed by atoms with van der Waals surface area (Å²) in [6.45, 7) is 5.20. The molecule has 1 aliphatic heterocycles. The molecule has 4 heteroatoms. The molecule has 1 aromatic rings. The number of terminal acetylenes is 1. The Labute approximate surface area is 120 Å². The van der Waals surface area contributed by atoms with E-state index >= 15 is 0 Å². The monoisotopic (exact) mass is 275 g/mol. The van der Waals surface area contributed by atoms with Crippen LogP contribution in [0.15, 0.2) is 30.3 Å². The van der Waals surface area contributed by atoms with Crippen molar-refractivity contribution in [3.8, 4) is 12.8 Å². The summed E-state index contributed by atoms with van der Waals surface area (Å²) in [5.74, 6) is -0.166. The van der Waals surface area contributed by atoms with Crippen LogP contribution < -0.4 is 0 Å². The van der Waals surface area contributed by atoms with Crippen molar-refractivity contribution in [3.63, 3.8) is 0 Å². The zero-order valence-electron chi connectivity index (χ0n) is 11.8. The number of ether oxygens (including phenoxy) is 2. The standard InChI is InChI=1S/C14H19NO3.C2H2/c1-12(15-7-9-17-10-8-15)14(16)18-11-13-5-3-2-4-6-13;1-2/h2-6,12H,7-11H2,1H3;1-2H. The second-order valence-corrected chi connectivity index (χ2v) is 4.42. The molecule has 0 amide bonds. The Morgan fingerprint density at radius 2 is 1.90 bits per heavy atom. The van der Waals surface area contributed by atoms with Crippen LogP contribution in [0, 0.1) is 12.8 Å². The molecule has 0 bridgehead atoms. The van der Waals surface area contributed by atoms with Crippen LogP contribution in [0.5, 0.6) is 0 Å². The summed E-state index contributed by atoms with van der Waals surface area (Å²) in [6.07, 6.45) is 8.00. The van der Waals surface area contributed by atoms with Crippen molar-refractivity contribution in [1.29, 1.82) is 0 Å². The highest BCUT2D eigenvalue weighted by Crippen LogP contribution is 2.07. The van der Waals surface area contributed by atoms with Gasteiger partial charge >= 0.3 is 5.97 Å². The molecule has 4 nitrogen and oxygen atoms in total. The molecule has 0 radical (unpaired) electrons. The highest BCUT2D eigenvalue weighted by atomic mass is 16.5. The minimum Gasteiger partial charge on any atom is -0.460 e. The van der Waals surface area contributed by atoms with Gasteiger partial charge in [0.05, 0.1) is 13.2 Å². The van der Waals surface area contributed by atoms with E-state index in [-0.39, 0.29) is 12.0 Å². The number of hydrogen-bond acceptors (Lipinski definition) is 4. The van der Waals surface area contributed by atoms with Gasteiger partial charge < -0.3 is 9.47 Å². The Balaban J connectivity index is 0.000000956. The summed E-state index contributed by atoms with van der Waals surface area (Å²) in [4.78, 5) is 14.0. The van der Waals surface area contributed by atoms with Crippen molar-refractivity contribution in [2.75, 3.05) is 26.3 Å². The van der Waals surface area contributed by atoms with Gasteiger partial charge in [0.25, 0.3) is 0 Å². The molecule has 108 valence electrons. The van der Waals surface area contributed by atoms with Crippen LogP contribution in [0.1, 0.15) is 12.5 Å². The number of morpholine rings is 1. The lowest BCUT2D eigenvalue weighted by Gasteiger charge is -2.30. The maximum Gasteiger partial charge on any atom is 0.323 e. The average molecular weight is 275 g/mol. The number of nitrogens with zero attached hydrogens (tertiary/aromatic N) is 1. The summed E-state index contributed by atoms with van der Waals surface area (Å²) in [7, 11) is 0. The fraction of sp³-hybridized carbons (Fsp3) is 0.438. The molecule has 1 heterocycles. The molecule has 1 fully saturated rings. The summed E-state index contributed by atoms with van der Waals surface area (Å²) in [6, 6.07) is 9.53. The molecule has 0 aliphatic carbocycles. The Kier molecular flexibility index (Phi) is 7.41. The van der Waals surface area contributed by atoms with Gasteiger partial charge in [-0.05, 0) is 12.5 Å². The third-order valence-electron chi connectivity index (χ3n) is 3.16. The van der Waals surface area contributed by atoms with E-state index in [1.807, 2.05) is 37.3 Å². The van der Waals surface area contributed by atoms with Gasteiger partial charge in [0.15, 0.2) is 0 Å². The minimum absolute atomic E-state index is 0.166. The van der Waals surface area contributed by atoms with Crippen molar-refractivity contribution < 1.29 is 14.3 Å². The largest absolute Gasteiger partial charge is 0.460 e. The molecule has 1 saturated heterocycles. The Morgan fingerprint density at radius 3 is 2.50 bits per heavy atom. The summed E-state index contributed by atoms with van der Waals surface area (Å²) < 4.78 is 10.6. The SMILES string of the molecule is C#C.CC(C(=O)OCc1ccccc1)N1CCOCC1. The van der Waals surface area contributed by atoms with Crippen molar-refractivity contribution in [3.05, 3.63) is 35.9 Å². The van der Waals surface area contributed by atoms with Gasteiger partial charge in [-0.3, -0.25) is 9.69 Å². The molecule has 0 spiro atoms. The molecule has 0 N–H and O–H groups in total. The fourth-order valence-electron chi connectivity index (χ4n) is 1.96. The van der Waals surface area contributed by atoms with Gasteiger partial charge in [0.1, 0.15) is 12.6 Å². The Bertz CT molecular complexity index is 410. The van der Waals surface area contributed by atoms with Gasteiger partial charge in [-0.2, -0.15) is 0 Å². The quantitative estimate of drug-likeness (QED) is 0.619. The van der Waals surface area contributed by atoms with Crippen LogP contribution in [0.2, 0.25) is 0 Å². The highest BCUT2D eigenvalue weighted by Gasteiger charge is 2.24. The fourth-order valence-corrected chi connectivity index (χ4v) is 1.96. The molecular formula is C16H21NO3. The third-order valence-corrected chi connectivity index (χ3v) is 3.16. The van der Waals surface area contributed by atoms with Gasteiger partial charge in [0.2, 0.25) is 0 Å². The smallest absolute Gasteiger partial charge is 0.323 e. The van der Waals surface area contributed by atoms with E-state index in [0.29, 0.717) is 19.8 Å². The molecule has 2 rings (SSSR count). The van der Waals surface area contributed by atoms with Gasteiger partial charge in [-0.25, -0.2) is 0 Å². The van der Waals surface area contributed by atoms with Crippen molar-refractivity contribution in [2.24, 2.45) is 0 Å². The normalized spacial score (nSPS) is 16.6. The molecule has 20 heavy (non-hydrogen) atoms. The van der Waals surface area contributed by atoms with Crippen LogP contribution in [0.3, 0.4) is 0 Å². The molecule has 1 atom stereocenters. The summed E-state index contributed by atoms with van der Waals surface area (Å²) in [5, 5.41) is 0. The van der Waals surface area contributed by atoms with Gasteiger partial charge in [-0.1, -0.05) is 30.3 Å². The van der Waals surface area contributed by atoms with E-state index in [2.05, 4.69) is 17.7 Å². The first-order valence-corrected chi connectivity index (χ1v) is 6.63. The average Bonchev–Trinajstić information content (AvgIpc) is 2.55. The molecule has 1 aliphatic rings. The van der Waals surface area contributed by atoms with Crippen LogP contribution in [0.4, 0.5) is 0 Å². The zero-order chi connectivity index (χ0) is 14.8. The molecule has 0 aromatic heterocycles. The predicted molar refractivity (Wildman–Crippen MR) is 78.0 cm³/mol. The zero-order valence-corrected chi connectivity index (χ0v) is 11.8. The van der Waals surface area contributed by atoms with E-state index in [4.69, 9.17) is 9.47 Å². The van der Waals surface area contributed by atoms with Crippen molar-refractivity contribution in [1.82, 2.24) is 4.90 Å². The first kappa shape index (κ1) is 16.2. The van der Waals surface area contributed by atoms with Crippen molar-refractivity contribution in [2.45, 2.75) is 19.6 Å². The second-order valence-electron chi connectivity index (χ2n) is 4.42. The highest BCUT2D eigenvalue weighted by molar-refractivity contribution is 5.75. The number of rotatable bonds is 4. The first-order valence-electron chi connectivity index (χ1n) is 6.63. The van der Waals surface area contributed by atoms with Crippen LogP contribution >= 0.6 is 0 Å². The Morgan fingerprint density at radius 1 is 1.30 bits per heavy atom. The van der Waals surface area contributed by atoms with E-state index in [9.17, 15) is 4.79 Å². The predicted octanol–water partition coefficient (Wildman–Crippen LogP) is 1.70. The number of hydrogen-bond donors (Lipinski definition) is 0. The van der Waals surface area contributed by atoms with Crippen LogP contribution in [0.25, 0.3) is 0 Å². The van der Waals surface area contributed by atoms with Gasteiger partial charge in [0, 0.05) is 13.1 Å². The molecular weight excluding hydrogens is 254 g/mol. The molecule has 1 unspecified atom stereocenters. The summed E-state index contributed by atoms with van der Waals surface area (Å²) in [5.41, 5.74) is 1.01. The lowest BCUT2D eigenvalue weighted by atomic mass is 10.2. The number of carbonyl (C=O) groups excluding carboxylic acids is 1. The van der Waals surface area contributed by atoms with E-state index in [0.717, 1.165) is 18.7 Å². The topological polar surface area (TPSA) is 38.8 Å². The molecule has 0 saturated carbocycles. The summed E-state index contributed by atoms with van der Waals surface area (Å²) >= 11 is 0. The number of carbonyl (C=O) groups is 1. The minimum atomic E-state index is -0.197. The number of esters is 1. The third kappa shape index (κ3) is 5.04. The molecule has 1 aromatic carbocycles. The van der Waals surface area contributed by atoms with Crippen LogP contribution in [-0.2, 0) is 20.9 Å². The van der Waals surface area contributed by atoms with E-state index in [1.54, 1.807) is 0 Å². The van der Waals surface area contributed by atoms with Crippen LogP contribution in [-0.4, -0.2) is 43.2 Å². The van der Waals surface area contributed by atoms with Gasteiger partial charge in [-0.15, -0.1) is 12.8 Å².